The van der Waals surface area contributed by atoms with Crippen molar-refractivity contribution in [3.63, 3.8) is 0 Å². The van der Waals surface area contributed by atoms with Gasteiger partial charge in [-0.25, -0.2) is 10.2 Å². The molecule has 1 aromatic carbocycles. The molecule has 6 nitrogen and oxygen atoms in total. The van der Waals surface area contributed by atoms with Crippen LogP contribution in [0.5, 0.6) is 0 Å². The van der Waals surface area contributed by atoms with Gasteiger partial charge in [-0.15, -0.1) is 0 Å². The number of carbonyl (C=O) groups excluding carboxylic acids is 2. The smallest absolute Gasteiger partial charge is 0.332 e. The molecule has 0 aromatic heterocycles. The lowest BCUT2D eigenvalue weighted by Gasteiger charge is -2.10. The molecule has 0 aliphatic heterocycles. The molecule has 6 heteroatoms. The van der Waals surface area contributed by atoms with Gasteiger partial charge >= 0.3 is 12.0 Å². The monoisotopic (exact) mass is 263 g/mol. The molecule has 3 N–H and O–H groups in total. The van der Waals surface area contributed by atoms with Gasteiger partial charge in [-0.05, 0) is 30.5 Å². The molecule has 19 heavy (non-hydrogen) atoms. The first-order valence-corrected chi connectivity index (χ1v) is 5.72. The van der Waals surface area contributed by atoms with Crippen LogP contribution in [-0.4, -0.2) is 18.2 Å². The van der Waals surface area contributed by atoms with Crippen LogP contribution in [0.15, 0.2) is 17.2 Å². The number of carbonyl (C=O) groups is 2. The Labute approximate surface area is 111 Å². The van der Waals surface area contributed by atoms with Gasteiger partial charge in [0.1, 0.15) is 6.61 Å². The highest BCUT2D eigenvalue weighted by Crippen LogP contribution is 2.16. The molecule has 0 saturated carbocycles. The second-order valence-electron chi connectivity index (χ2n) is 4.15. The van der Waals surface area contributed by atoms with E-state index in [0.29, 0.717) is 0 Å². The molecule has 0 bridgehead atoms. The summed E-state index contributed by atoms with van der Waals surface area (Å²) < 4.78 is 4.99. The number of hydrogen-bond donors (Lipinski definition) is 2. The van der Waals surface area contributed by atoms with E-state index in [9.17, 15) is 9.59 Å². The van der Waals surface area contributed by atoms with Crippen LogP contribution in [0.4, 0.5) is 4.79 Å². The van der Waals surface area contributed by atoms with E-state index in [0.717, 1.165) is 22.3 Å². The predicted molar refractivity (Wildman–Crippen MR) is 71.7 cm³/mol. The molecule has 102 valence electrons. The molecule has 0 aliphatic rings. The number of urea groups is 1. The van der Waals surface area contributed by atoms with Crippen molar-refractivity contribution < 1.29 is 14.3 Å². The number of nitrogens with one attached hydrogen (secondary N) is 1. The Balaban J connectivity index is 2.95. The molecule has 0 saturated heterocycles. The lowest BCUT2D eigenvalue weighted by atomic mass is 10.0. The molecule has 0 fully saturated rings. The quantitative estimate of drug-likeness (QED) is 0.488. The molecular weight excluding hydrogens is 246 g/mol. The standard InChI is InChI=1S/C13H17N3O3/c1-8-4-11(6-15-16-13(14)18)9(2)12(5-8)7-19-10(3)17/h4-6H,7H2,1-3H3,(H3,14,16,18). The summed E-state index contributed by atoms with van der Waals surface area (Å²) in [5.74, 6) is -0.327. The summed E-state index contributed by atoms with van der Waals surface area (Å²) in [6.07, 6.45) is 1.50. The summed E-state index contributed by atoms with van der Waals surface area (Å²) >= 11 is 0. The van der Waals surface area contributed by atoms with Crippen molar-refractivity contribution >= 4 is 18.2 Å². The minimum Gasteiger partial charge on any atom is -0.461 e. The highest BCUT2D eigenvalue weighted by atomic mass is 16.5. The van der Waals surface area contributed by atoms with Gasteiger partial charge in [-0.1, -0.05) is 17.7 Å². The van der Waals surface area contributed by atoms with E-state index in [1.165, 1.54) is 13.1 Å². The van der Waals surface area contributed by atoms with Crippen LogP contribution >= 0.6 is 0 Å². The number of amides is 2. The van der Waals surface area contributed by atoms with E-state index in [2.05, 4.69) is 10.5 Å². The Hall–Kier alpha value is -2.37. The number of aryl methyl sites for hydroxylation is 1. The number of rotatable bonds is 4. The molecule has 0 spiro atoms. The fourth-order valence-electron chi connectivity index (χ4n) is 1.59. The molecule has 0 heterocycles. The fraction of sp³-hybridized carbons (Fsp3) is 0.308. The van der Waals surface area contributed by atoms with Crippen LogP contribution in [-0.2, 0) is 16.1 Å². The number of primary amides is 1. The molecule has 0 radical (unpaired) electrons. The summed E-state index contributed by atoms with van der Waals surface area (Å²) in [7, 11) is 0. The highest BCUT2D eigenvalue weighted by molar-refractivity contribution is 5.84. The number of nitrogens with two attached hydrogens (primary N) is 1. The predicted octanol–water partition coefficient (Wildman–Crippen LogP) is 1.37. The van der Waals surface area contributed by atoms with E-state index in [4.69, 9.17) is 10.5 Å². The Bertz CT molecular complexity index is 524. The maximum absolute atomic E-state index is 10.8. The molecule has 0 unspecified atom stereocenters. The summed E-state index contributed by atoms with van der Waals surface area (Å²) in [6, 6.07) is 3.14. The third kappa shape index (κ3) is 4.79. The number of hydrogen-bond acceptors (Lipinski definition) is 4. The molecule has 2 amide bonds. The van der Waals surface area contributed by atoms with Crippen molar-refractivity contribution in [1.82, 2.24) is 5.43 Å². The summed E-state index contributed by atoms with van der Waals surface area (Å²) in [6.45, 7) is 5.40. The van der Waals surface area contributed by atoms with Gasteiger partial charge in [-0.2, -0.15) is 5.10 Å². The van der Waals surface area contributed by atoms with Crippen molar-refractivity contribution in [2.45, 2.75) is 27.4 Å². The normalized spacial score (nSPS) is 10.5. The third-order valence-electron chi connectivity index (χ3n) is 2.51. The minimum absolute atomic E-state index is 0.215. The third-order valence-corrected chi connectivity index (χ3v) is 2.51. The zero-order valence-electron chi connectivity index (χ0n) is 11.2. The summed E-state index contributed by atoms with van der Waals surface area (Å²) in [4.78, 5) is 21.4. The first kappa shape index (κ1) is 14.7. The highest BCUT2D eigenvalue weighted by Gasteiger charge is 2.06. The lowest BCUT2D eigenvalue weighted by Crippen LogP contribution is -2.24. The molecule has 1 rings (SSSR count). The van der Waals surface area contributed by atoms with E-state index < -0.39 is 6.03 Å². The molecule has 1 aromatic rings. The number of ether oxygens (including phenoxy) is 1. The van der Waals surface area contributed by atoms with E-state index in [1.807, 2.05) is 26.0 Å². The minimum atomic E-state index is -0.721. The fourth-order valence-corrected chi connectivity index (χ4v) is 1.59. The van der Waals surface area contributed by atoms with E-state index in [-0.39, 0.29) is 12.6 Å². The SMILES string of the molecule is CC(=O)OCc1cc(C)cc(C=NNC(N)=O)c1C. The second kappa shape index (κ2) is 6.53. The second-order valence-corrected chi connectivity index (χ2v) is 4.15. The zero-order chi connectivity index (χ0) is 14.4. The van der Waals surface area contributed by atoms with Gasteiger partial charge in [0, 0.05) is 6.92 Å². The molecule has 0 atom stereocenters. The van der Waals surface area contributed by atoms with Crippen molar-refractivity contribution in [2.24, 2.45) is 10.8 Å². The largest absolute Gasteiger partial charge is 0.461 e. The number of nitrogens with zero attached hydrogens (tertiary/aromatic N) is 1. The summed E-state index contributed by atoms with van der Waals surface area (Å²) in [5, 5.41) is 3.72. The van der Waals surface area contributed by atoms with E-state index in [1.54, 1.807) is 0 Å². The van der Waals surface area contributed by atoms with Crippen LogP contribution in [0.25, 0.3) is 0 Å². The van der Waals surface area contributed by atoms with Crippen molar-refractivity contribution in [2.75, 3.05) is 0 Å². The Kier molecular flexibility index (Phi) is 5.05. The van der Waals surface area contributed by atoms with Crippen LogP contribution in [0.2, 0.25) is 0 Å². The van der Waals surface area contributed by atoms with Crippen molar-refractivity contribution in [3.05, 3.63) is 34.4 Å². The Morgan fingerprint density at radius 1 is 1.42 bits per heavy atom. The van der Waals surface area contributed by atoms with Gasteiger partial charge in [-0.3, -0.25) is 4.79 Å². The van der Waals surface area contributed by atoms with Gasteiger partial charge in [0.15, 0.2) is 0 Å². The van der Waals surface area contributed by atoms with E-state index >= 15 is 0 Å². The van der Waals surface area contributed by atoms with Gasteiger partial charge < -0.3 is 10.5 Å². The number of esters is 1. The number of hydrazone groups is 1. The van der Waals surface area contributed by atoms with Crippen LogP contribution in [0.1, 0.15) is 29.2 Å². The zero-order valence-corrected chi connectivity index (χ0v) is 11.2. The average Bonchev–Trinajstić information content (AvgIpc) is 2.30. The topological polar surface area (TPSA) is 93.8 Å². The first-order valence-electron chi connectivity index (χ1n) is 5.72. The van der Waals surface area contributed by atoms with Gasteiger partial charge in [0.25, 0.3) is 0 Å². The molecular formula is C13H17N3O3. The van der Waals surface area contributed by atoms with Crippen molar-refractivity contribution in [3.8, 4) is 0 Å². The maximum atomic E-state index is 10.8. The molecule has 0 aliphatic carbocycles. The first-order chi connectivity index (χ1) is 8.90. The summed E-state index contributed by atoms with van der Waals surface area (Å²) in [5.41, 5.74) is 10.7. The van der Waals surface area contributed by atoms with Gasteiger partial charge in [0.05, 0.1) is 6.21 Å². The van der Waals surface area contributed by atoms with Crippen LogP contribution in [0.3, 0.4) is 0 Å². The lowest BCUT2D eigenvalue weighted by molar-refractivity contribution is -0.142. The van der Waals surface area contributed by atoms with Crippen LogP contribution < -0.4 is 11.2 Å². The average molecular weight is 263 g/mol. The van der Waals surface area contributed by atoms with Gasteiger partial charge in [0.2, 0.25) is 0 Å². The van der Waals surface area contributed by atoms with Crippen LogP contribution in [0, 0.1) is 13.8 Å². The number of benzene rings is 1. The Morgan fingerprint density at radius 3 is 2.68 bits per heavy atom. The van der Waals surface area contributed by atoms with Crippen molar-refractivity contribution in [1.29, 1.82) is 0 Å². The maximum Gasteiger partial charge on any atom is 0.332 e. The Morgan fingerprint density at radius 2 is 2.11 bits per heavy atom.